The fourth-order valence-corrected chi connectivity index (χ4v) is 4.22. The van der Waals surface area contributed by atoms with Crippen LogP contribution in [-0.4, -0.2) is 21.5 Å². The first kappa shape index (κ1) is 20.7. The zero-order valence-corrected chi connectivity index (χ0v) is 17.2. The van der Waals surface area contributed by atoms with Gasteiger partial charge >= 0.3 is 0 Å². The molecule has 1 N–H and O–H groups in total. The molecule has 4 aromatic rings. The minimum absolute atomic E-state index is 0. The fraction of sp³-hybridized carbons (Fsp3) is 0.0952. The topological polar surface area (TPSA) is 73.0 Å². The molecular formula is C21H19ClN4O2S. The molecule has 2 aromatic carbocycles. The van der Waals surface area contributed by atoms with Crippen molar-refractivity contribution in [2.24, 2.45) is 0 Å². The molecule has 0 saturated carbocycles. The van der Waals surface area contributed by atoms with E-state index in [0.717, 1.165) is 27.0 Å². The Hall–Kier alpha value is -3.03. The predicted molar refractivity (Wildman–Crippen MR) is 119 cm³/mol. The van der Waals surface area contributed by atoms with Crippen molar-refractivity contribution in [3.63, 3.8) is 0 Å². The highest BCUT2D eigenvalue weighted by atomic mass is 35.5. The minimum atomic E-state index is -0.337. The van der Waals surface area contributed by atoms with Gasteiger partial charge in [0.2, 0.25) is 0 Å². The summed E-state index contributed by atoms with van der Waals surface area (Å²) in [6.45, 7) is 0.676. The molecule has 4 rings (SSSR count). The van der Waals surface area contributed by atoms with Crippen molar-refractivity contribution < 1.29 is 4.92 Å². The van der Waals surface area contributed by atoms with Crippen LogP contribution in [0.15, 0.2) is 83.0 Å². The summed E-state index contributed by atoms with van der Waals surface area (Å²) in [5, 5.41) is 15.6. The largest absolute Gasteiger partial charge is 0.388 e. The SMILES string of the molecule is CNc1ccc2c(Sc3ccccc3[N+](=O)[O-])cn(Cc3cccnc3)c2c1.Cl. The molecule has 0 radical (unpaired) electrons. The van der Waals surface area contributed by atoms with Gasteiger partial charge in [-0.1, -0.05) is 30.0 Å². The van der Waals surface area contributed by atoms with Crippen LogP contribution in [0.4, 0.5) is 11.4 Å². The van der Waals surface area contributed by atoms with Crippen molar-refractivity contribution in [1.29, 1.82) is 0 Å². The number of hydrogen-bond acceptors (Lipinski definition) is 5. The van der Waals surface area contributed by atoms with Crippen LogP contribution in [0.1, 0.15) is 5.56 Å². The van der Waals surface area contributed by atoms with E-state index in [2.05, 4.69) is 33.2 Å². The smallest absolute Gasteiger partial charge is 0.283 e. The standard InChI is InChI=1S/C21H18N4O2S.ClH/c1-22-16-8-9-17-19(11-16)24(13-15-5-4-10-23-12-15)14-21(17)28-20-7-3-2-6-18(20)25(26)27;/h2-12,14,22H,13H2,1H3;1H. The van der Waals surface area contributed by atoms with Gasteiger partial charge in [-0.2, -0.15) is 0 Å². The molecule has 0 amide bonds. The Kier molecular flexibility index (Phi) is 6.41. The van der Waals surface area contributed by atoms with Gasteiger partial charge in [-0.25, -0.2) is 0 Å². The second-order valence-corrected chi connectivity index (χ2v) is 7.38. The van der Waals surface area contributed by atoms with Crippen LogP contribution in [0, 0.1) is 10.1 Å². The van der Waals surface area contributed by atoms with E-state index in [-0.39, 0.29) is 23.0 Å². The molecule has 0 bridgehead atoms. The molecule has 6 nitrogen and oxygen atoms in total. The first-order valence-corrected chi connectivity index (χ1v) is 9.58. The Labute approximate surface area is 178 Å². The first-order chi connectivity index (χ1) is 13.7. The maximum Gasteiger partial charge on any atom is 0.283 e. The minimum Gasteiger partial charge on any atom is -0.388 e. The van der Waals surface area contributed by atoms with Crippen LogP contribution in [0.5, 0.6) is 0 Å². The summed E-state index contributed by atoms with van der Waals surface area (Å²) in [6.07, 6.45) is 5.66. The second-order valence-electron chi connectivity index (χ2n) is 6.29. The highest BCUT2D eigenvalue weighted by Gasteiger charge is 2.17. The average molecular weight is 427 g/mol. The van der Waals surface area contributed by atoms with Gasteiger partial charge < -0.3 is 9.88 Å². The monoisotopic (exact) mass is 426 g/mol. The van der Waals surface area contributed by atoms with Crippen molar-refractivity contribution in [2.45, 2.75) is 16.3 Å². The Bertz CT molecular complexity index is 1150. The molecule has 8 heteroatoms. The van der Waals surface area contributed by atoms with Crippen molar-refractivity contribution >= 4 is 46.4 Å². The molecule has 0 aliphatic heterocycles. The van der Waals surface area contributed by atoms with Gasteiger partial charge in [-0.05, 0) is 35.9 Å². The summed E-state index contributed by atoms with van der Waals surface area (Å²) in [4.78, 5) is 16.8. The first-order valence-electron chi connectivity index (χ1n) is 8.76. The summed E-state index contributed by atoms with van der Waals surface area (Å²) in [7, 11) is 1.89. The van der Waals surface area contributed by atoms with Crippen LogP contribution in [-0.2, 0) is 6.54 Å². The highest BCUT2D eigenvalue weighted by molar-refractivity contribution is 7.99. The van der Waals surface area contributed by atoms with E-state index >= 15 is 0 Å². The maximum absolute atomic E-state index is 11.4. The lowest BCUT2D eigenvalue weighted by Gasteiger charge is -2.06. The van der Waals surface area contributed by atoms with Crippen LogP contribution >= 0.6 is 24.2 Å². The van der Waals surface area contributed by atoms with Crippen LogP contribution < -0.4 is 5.32 Å². The number of nitro groups is 1. The number of aromatic nitrogens is 2. The number of pyridine rings is 1. The number of hydrogen-bond donors (Lipinski definition) is 1. The van der Waals surface area contributed by atoms with E-state index in [1.807, 2.05) is 37.5 Å². The Morgan fingerprint density at radius 2 is 1.97 bits per heavy atom. The Morgan fingerprint density at radius 3 is 2.69 bits per heavy atom. The van der Waals surface area contributed by atoms with Crippen molar-refractivity contribution in [2.75, 3.05) is 12.4 Å². The Balaban J connectivity index is 0.00000240. The van der Waals surface area contributed by atoms with Gasteiger partial charge in [0.1, 0.15) is 0 Å². The third-order valence-electron chi connectivity index (χ3n) is 4.49. The summed E-state index contributed by atoms with van der Waals surface area (Å²) in [5.74, 6) is 0. The number of benzene rings is 2. The quantitative estimate of drug-likeness (QED) is 0.320. The number of nitrogens with zero attached hydrogens (tertiary/aromatic N) is 3. The molecule has 0 aliphatic carbocycles. The van der Waals surface area contributed by atoms with E-state index in [4.69, 9.17) is 0 Å². The molecule has 0 atom stereocenters. The zero-order chi connectivity index (χ0) is 19.5. The number of nitrogens with one attached hydrogen (secondary N) is 1. The van der Waals surface area contributed by atoms with Gasteiger partial charge in [0, 0.05) is 54.2 Å². The fourth-order valence-electron chi connectivity index (χ4n) is 3.13. The number of halogens is 1. The van der Waals surface area contributed by atoms with Gasteiger partial charge in [0.15, 0.2) is 0 Å². The van der Waals surface area contributed by atoms with E-state index in [1.54, 1.807) is 18.3 Å². The summed E-state index contributed by atoms with van der Waals surface area (Å²) in [5.41, 5.74) is 3.29. The lowest BCUT2D eigenvalue weighted by molar-refractivity contribution is -0.387. The normalized spacial score (nSPS) is 10.5. The average Bonchev–Trinajstić information content (AvgIpc) is 3.05. The highest BCUT2D eigenvalue weighted by Crippen LogP contribution is 2.39. The van der Waals surface area contributed by atoms with Gasteiger partial charge in [-0.15, -0.1) is 12.4 Å². The molecule has 2 aromatic heterocycles. The van der Waals surface area contributed by atoms with Gasteiger partial charge in [-0.3, -0.25) is 15.1 Å². The molecule has 0 saturated heterocycles. The molecule has 2 heterocycles. The molecule has 0 spiro atoms. The number of para-hydroxylation sites is 1. The third-order valence-corrected chi connectivity index (χ3v) is 5.60. The van der Waals surface area contributed by atoms with E-state index in [0.29, 0.717) is 11.4 Å². The number of nitro benzene ring substituents is 1. The van der Waals surface area contributed by atoms with Crippen LogP contribution in [0.25, 0.3) is 10.9 Å². The number of fused-ring (bicyclic) bond motifs is 1. The summed E-state index contributed by atoms with van der Waals surface area (Å²) in [6, 6.07) is 17.0. The van der Waals surface area contributed by atoms with Crippen LogP contribution in [0.3, 0.4) is 0 Å². The number of rotatable bonds is 6. The van der Waals surface area contributed by atoms with Gasteiger partial charge in [0.25, 0.3) is 5.69 Å². The summed E-state index contributed by atoms with van der Waals surface area (Å²) < 4.78 is 2.16. The molecule has 0 aliphatic rings. The van der Waals surface area contributed by atoms with Crippen LogP contribution in [0.2, 0.25) is 0 Å². The van der Waals surface area contributed by atoms with Crippen molar-refractivity contribution in [1.82, 2.24) is 9.55 Å². The van der Waals surface area contributed by atoms with Crippen molar-refractivity contribution in [3.8, 4) is 0 Å². The molecule has 148 valence electrons. The second kappa shape index (κ2) is 8.98. The lowest BCUT2D eigenvalue weighted by Crippen LogP contribution is -1.98. The van der Waals surface area contributed by atoms with E-state index in [9.17, 15) is 10.1 Å². The Morgan fingerprint density at radius 1 is 1.14 bits per heavy atom. The molecule has 0 fully saturated rings. The zero-order valence-electron chi connectivity index (χ0n) is 15.6. The number of anilines is 1. The third kappa shape index (κ3) is 4.36. The van der Waals surface area contributed by atoms with E-state index < -0.39 is 0 Å². The van der Waals surface area contributed by atoms with E-state index in [1.165, 1.54) is 17.8 Å². The molecular weight excluding hydrogens is 408 g/mol. The van der Waals surface area contributed by atoms with Gasteiger partial charge in [0.05, 0.1) is 15.3 Å². The maximum atomic E-state index is 11.4. The van der Waals surface area contributed by atoms with Crippen molar-refractivity contribution in [3.05, 3.63) is 88.9 Å². The lowest BCUT2D eigenvalue weighted by atomic mass is 10.2. The molecule has 0 unspecified atom stereocenters. The predicted octanol–water partition coefficient (Wildman–Crippen LogP) is 5.61. The summed E-state index contributed by atoms with van der Waals surface area (Å²) >= 11 is 1.42. The molecule has 29 heavy (non-hydrogen) atoms.